The molecule has 2 aliphatic heterocycles. The molecule has 3 N–H and O–H groups in total. The Kier molecular flexibility index (Phi) is 7.75. The number of alkyl halides is 3. The van der Waals surface area contributed by atoms with Crippen molar-refractivity contribution in [3.05, 3.63) is 0 Å². The molecule has 7 nitrogen and oxygen atoms in total. The average Bonchev–Trinajstić information content (AvgIpc) is 2.85. The molecule has 2 heterocycles. The van der Waals surface area contributed by atoms with Gasteiger partial charge in [0.25, 0.3) is 0 Å². The fourth-order valence-corrected chi connectivity index (χ4v) is 3.18. The Labute approximate surface area is 161 Å². The van der Waals surface area contributed by atoms with E-state index in [0.29, 0.717) is 25.5 Å². The van der Waals surface area contributed by atoms with Gasteiger partial charge >= 0.3 is 6.18 Å². The van der Waals surface area contributed by atoms with Gasteiger partial charge in [-0.15, -0.1) is 24.0 Å². The quantitative estimate of drug-likeness (QED) is 0.314. The van der Waals surface area contributed by atoms with Crippen molar-refractivity contribution in [3.8, 4) is 0 Å². The van der Waals surface area contributed by atoms with Gasteiger partial charge in [0.15, 0.2) is 5.96 Å². The van der Waals surface area contributed by atoms with Gasteiger partial charge in [-0.05, 0) is 12.8 Å². The van der Waals surface area contributed by atoms with E-state index < -0.39 is 18.6 Å². The monoisotopic (exact) mass is 477 g/mol. The van der Waals surface area contributed by atoms with Crippen molar-refractivity contribution in [3.63, 3.8) is 0 Å². The number of hydrogen-bond donors (Lipinski definition) is 3. The Morgan fingerprint density at radius 3 is 2.68 bits per heavy atom. The van der Waals surface area contributed by atoms with Crippen LogP contribution in [-0.2, 0) is 9.59 Å². The van der Waals surface area contributed by atoms with Crippen LogP contribution in [0.3, 0.4) is 0 Å². The first-order chi connectivity index (χ1) is 11.2. The van der Waals surface area contributed by atoms with E-state index in [4.69, 9.17) is 0 Å². The number of hydrogen-bond acceptors (Lipinski definition) is 3. The van der Waals surface area contributed by atoms with Crippen molar-refractivity contribution in [2.75, 3.05) is 39.8 Å². The number of piperidine rings is 1. The predicted octanol–water partition coefficient (Wildman–Crippen LogP) is 0.460. The lowest BCUT2D eigenvalue weighted by Gasteiger charge is -2.40. The van der Waals surface area contributed by atoms with E-state index in [1.807, 2.05) is 4.90 Å². The molecule has 0 saturated carbocycles. The topological polar surface area (TPSA) is 85.8 Å². The minimum absolute atomic E-state index is 0. The first-order valence-electron chi connectivity index (χ1n) is 7.79. The number of aliphatic imine (C=N–C) groups is 1. The lowest BCUT2D eigenvalue weighted by Crippen LogP contribution is -2.53. The molecule has 0 aromatic heterocycles. The van der Waals surface area contributed by atoms with Crippen molar-refractivity contribution < 1.29 is 22.8 Å². The number of guanidine groups is 1. The van der Waals surface area contributed by atoms with Crippen LogP contribution in [0.15, 0.2) is 4.99 Å². The van der Waals surface area contributed by atoms with Crippen LogP contribution in [0, 0.1) is 5.41 Å². The molecule has 11 heteroatoms. The Bertz CT molecular complexity index is 529. The zero-order valence-corrected chi connectivity index (χ0v) is 16.2. The Morgan fingerprint density at radius 1 is 1.40 bits per heavy atom. The molecule has 2 aliphatic rings. The molecule has 0 aromatic rings. The Balaban J connectivity index is 0.00000312. The van der Waals surface area contributed by atoms with Crippen molar-refractivity contribution in [1.82, 2.24) is 20.9 Å². The lowest BCUT2D eigenvalue weighted by atomic mass is 9.79. The van der Waals surface area contributed by atoms with Gasteiger partial charge < -0.3 is 20.9 Å². The van der Waals surface area contributed by atoms with Crippen molar-refractivity contribution >= 4 is 41.8 Å². The maximum Gasteiger partial charge on any atom is 0.405 e. The van der Waals surface area contributed by atoms with Gasteiger partial charge in [-0.25, -0.2) is 0 Å². The minimum atomic E-state index is -4.43. The van der Waals surface area contributed by atoms with Gasteiger partial charge in [-0.3, -0.25) is 14.6 Å². The smallest absolute Gasteiger partial charge is 0.355 e. The highest BCUT2D eigenvalue weighted by Crippen LogP contribution is 2.35. The number of halogens is 4. The van der Waals surface area contributed by atoms with Crippen LogP contribution in [0.5, 0.6) is 0 Å². The second-order valence-electron chi connectivity index (χ2n) is 6.27. The van der Waals surface area contributed by atoms with Crippen LogP contribution in [0.1, 0.15) is 19.3 Å². The lowest BCUT2D eigenvalue weighted by molar-refractivity contribution is -0.137. The largest absolute Gasteiger partial charge is 0.405 e. The molecule has 1 spiro atoms. The van der Waals surface area contributed by atoms with E-state index in [1.54, 1.807) is 12.4 Å². The van der Waals surface area contributed by atoms with Crippen LogP contribution in [0.2, 0.25) is 0 Å². The third kappa shape index (κ3) is 6.51. The number of nitrogens with zero attached hydrogens (tertiary/aromatic N) is 2. The van der Waals surface area contributed by atoms with E-state index in [2.05, 4.69) is 15.6 Å². The van der Waals surface area contributed by atoms with Crippen molar-refractivity contribution in [2.24, 2.45) is 10.4 Å². The highest BCUT2D eigenvalue weighted by Gasteiger charge is 2.42. The summed E-state index contributed by atoms with van der Waals surface area (Å²) in [5.74, 6) is -0.264. The molecule has 2 fully saturated rings. The molecule has 1 atom stereocenters. The molecule has 0 radical (unpaired) electrons. The number of carbonyl (C=O) groups is 2. The maximum absolute atomic E-state index is 12.1. The van der Waals surface area contributed by atoms with Gasteiger partial charge in [0.05, 0.1) is 6.54 Å². The summed E-state index contributed by atoms with van der Waals surface area (Å²) in [6.45, 7) is 0.316. The number of likely N-dealkylation sites (tertiary alicyclic amines) is 1. The van der Waals surface area contributed by atoms with E-state index in [-0.39, 0.29) is 41.8 Å². The number of carbonyl (C=O) groups excluding carboxylic acids is 2. The highest BCUT2D eigenvalue weighted by atomic mass is 127. The second kappa shape index (κ2) is 8.90. The van der Waals surface area contributed by atoms with E-state index in [1.165, 1.54) is 0 Å². The first kappa shape index (κ1) is 21.8. The summed E-state index contributed by atoms with van der Waals surface area (Å²) >= 11 is 0. The van der Waals surface area contributed by atoms with Gasteiger partial charge in [-0.1, -0.05) is 0 Å². The van der Waals surface area contributed by atoms with Crippen LogP contribution in [0.4, 0.5) is 13.2 Å². The molecule has 1 unspecified atom stereocenters. The molecule has 2 rings (SSSR count). The van der Waals surface area contributed by atoms with Crippen molar-refractivity contribution in [2.45, 2.75) is 25.4 Å². The first-order valence-corrected chi connectivity index (χ1v) is 7.79. The van der Waals surface area contributed by atoms with E-state index in [9.17, 15) is 22.8 Å². The second-order valence-corrected chi connectivity index (χ2v) is 6.27. The molecular weight excluding hydrogens is 454 g/mol. The third-order valence-electron chi connectivity index (χ3n) is 4.26. The van der Waals surface area contributed by atoms with Gasteiger partial charge in [0, 0.05) is 38.5 Å². The fraction of sp³-hybridized carbons (Fsp3) is 0.786. The fourth-order valence-electron chi connectivity index (χ4n) is 3.18. The zero-order chi connectivity index (χ0) is 17.8. The Morgan fingerprint density at radius 2 is 2.12 bits per heavy atom. The number of rotatable bonds is 3. The standard InChI is InChI=1S/C14H22F3N5O2.HI/c1-18-12(19-6-11(24)21-8-14(15,16)17)22-4-2-3-13(9-22)5-10(23)20-7-13;/h2-9H2,1H3,(H,18,19)(H,20,23)(H,21,24);1H. The molecular formula is C14H23F3IN5O2. The molecule has 2 amide bonds. The van der Waals surface area contributed by atoms with E-state index in [0.717, 1.165) is 19.4 Å². The summed E-state index contributed by atoms with van der Waals surface area (Å²) in [7, 11) is 1.55. The maximum atomic E-state index is 12.1. The number of amides is 2. The van der Waals surface area contributed by atoms with Crippen LogP contribution in [0.25, 0.3) is 0 Å². The zero-order valence-electron chi connectivity index (χ0n) is 13.9. The summed E-state index contributed by atoms with van der Waals surface area (Å²) in [6, 6.07) is 0. The van der Waals surface area contributed by atoms with Gasteiger partial charge in [-0.2, -0.15) is 13.2 Å². The molecule has 0 aliphatic carbocycles. The molecule has 2 saturated heterocycles. The van der Waals surface area contributed by atoms with Crippen LogP contribution >= 0.6 is 24.0 Å². The summed E-state index contributed by atoms with van der Waals surface area (Å²) in [6.07, 6.45) is -2.15. The summed E-state index contributed by atoms with van der Waals surface area (Å²) < 4.78 is 36.2. The predicted molar refractivity (Wildman–Crippen MR) is 96.7 cm³/mol. The van der Waals surface area contributed by atoms with Crippen LogP contribution in [-0.4, -0.2) is 68.6 Å². The summed E-state index contributed by atoms with van der Waals surface area (Å²) in [4.78, 5) is 29.0. The molecule has 0 aromatic carbocycles. The average molecular weight is 477 g/mol. The summed E-state index contributed by atoms with van der Waals surface area (Å²) in [5, 5.41) is 7.43. The number of nitrogens with one attached hydrogen (secondary N) is 3. The van der Waals surface area contributed by atoms with E-state index >= 15 is 0 Å². The molecule has 25 heavy (non-hydrogen) atoms. The van der Waals surface area contributed by atoms with Gasteiger partial charge in [0.2, 0.25) is 11.8 Å². The normalized spacial score (nSPS) is 23.9. The Hall–Kier alpha value is -1.27. The minimum Gasteiger partial charge on any atom is -0.355 e. The van der Waals surface area contributed by atoms with Crippen LogP contribution < -0.4 is 16.0 Å². The summed E-state index contributed by atoms with van der Waals surface area (Å²) in [5.41, 5.74) is -0.133. The third-order valence-corrected chi connectivity index (χ3v) is 4.26. The SMILES string of the molecule is CN=C(NCC(=O)NCC(F)(F)F)N1CCCC2(CNC(=O)C2)C1.I. The van der Waals surface area contributed by atoms with Gasteiger partial charge in [0.1, 0.15) is 6.54 Å². The molecule has 0 bridgehead atoms. The molecule has 144 valence electrons. The highest BCUT2D eigenvalue weighted by molar-refractivity contribution is 14.0. The van der Waals surface area contributed by atoms with Crippen molar-refractivity contribution in [1.29, 1.82) is 0 Å².